The van der Waals surface area contributed by atoms with Gasteiger partial charge in [-0.25, -0.2) is 4.79 Å². The maximum atomic E-state index is 10.5. The second-order valence-electron chi connectivity index (χ2n) is 2.81. The second kappa shape index (κ2) is 2.82. The lowest BCUT2D eigenvalue weighted by Gasteiger charge is -2.31. The summed E-state index contributed by atoms with van der Waals surface area (Å²) in [5.74, 6) is 0. The minimum Gasteiger partial charge on any atom is -0.465 e. The average molecular weight is 156 g/mol. The Labute approximate surface area is 65.5 Å². The van der Waals surface area contributed by atoms with Crippen LogP contribution in [0, 0.1) is 0 Å². The van der Waals surface area contributed by atoms with Gasteiger partial charge in [0.1, 0.15) is 0 Å². The van der Waals surface area contributed by atoms with Crippen molar-refractivity contribution in [2.45, 2.75) is 13.0 Å². The zero-order valence-corrected chi connectivity index (χ0v) is 6.50. The van der Waals surface area contributed by atoms with E-state index in [2.05, 4.69) is 11.9 Å². The number of carbonyl (C=O) groups is 1. The maximum absolute atomic E-state index is 10.5. The Bertz CT molecular complexity index is 191. The standard InChI is InChI=1S/C7H12N2O2/c1-5-3-9(7(10)11)4-6(2)8-5/h6,8H,1,3-4H2,2H3,(H,10,11). The lowest BCUT2D eigenvalue weighted by molar-refractivity contribution is 0.138. The van der Waals surface area contributed by atoms with Crippen molar-refractivity contribution in [1.82, 2.24) is 10.2 Å². The van der Waals surface area contributed by atoms with E-state index >= 15 is 0 Å². The molecule has 0 aliphatic carbocycles. The van der Waals surface area contributed by atoms with Crippen LogP contribution in [0.5, 0.6) is 0 Å². The Kier molecular flexibility index (Phi) is 2.03. The van der Waals surface area contributed by atoms with Gasteiger partial charge in [0.15, 0.2) is 0 Å². The third kappa shape index (κ3) is 1.86. The van der Waals surface area contributed by atoms with Crippen LogP contribution in [0.4, 0.5) is 4.79 Å². The van der Waals surface area contributed by atoms with Gasteiger partial charge < -0.3 is 15.3 Å². The molecule has 1 rings (SSSR count). The Hall–Kier alpha value is -1.19. The van der Waals surface area contributed by atoms with Gasteiger partial charge in [0.2, 0.25) is 0 Å². The SMILES string of the molecule is C=C1CN(C(=O)O)CC(C)N1. The van der Waals surface area contributed by atoms with E-state index in [0.717, 1.165) is 5.70 Å². The average Bonchev–Trinajstić information content (AvgIpc) is 1.85. The van der Waals surface area contributed by atoms with Crippen molar-refractivity contribution in [3.8, 4) is 0 Å². The molecule has 4 nitrogen and oxygen atoms in total. The molecule has 1 aliphatic heterocycles. The zero-order chi connectivity index (χ0) is 8.43. The van der Waals surface area contributed by atoms with Crippen LogP contribution < -0.4 is 5.32 Å². The van der Waals surface area contributed by atoms with Gasteiger partial charge in [-0.3, -0.25) is 0 Å². The maximum Gasteiger partial charge on any atom is 0.407 e. The molecule has 11 heavy (non-hydrogen) atoms. The van der Waals surface area contributed by atoms with Gasteiger partial charge in [-0.15, -0.1) is 0 Å². The summed E-state index contributed by atoms with van der Waals surface area (Å²) in [4.78, 5) is 11.9. The minimum absolute atomic E-state index is 0.173. The summed E-state index contributed by atoms with van der Waals surface area (Å²) in [6.07, 6.45) is -0.875. The summed E-state index contributed by atoms with van der Waals surface area (Å²) in [5.41, 5.74) is 0.770. The van der Waals surface area contributed by atoms with Crippen LogP contribution in [0.15, 0.2) is 12.3 Å². The molecule has 1 fully saturated rings. The van der Waals surface area contributed by atoms with Crippen molar-refractivity contribution in [3.63, 3.8) is 0 Å². The van der Waals surface area contributed by atoms with E-state index in [0.29, 0.717) is 13.1 Å². The molecular formula is C7H12N2O2. The van der Waals surface area contributed by atoms with Crippen molar-refractivity contribution in [3.05, 3.63) is 12.3 Å². The van der Waals surface area contributed by atoms with E-state index in [1.54, 1.807) is 0 Å². The number of carboxylic acid groups (broad SMARTS) is 1. The number of hydrogen-bond acceptors (Lipinski definition) is 2. The molecule has 0 spiro atoms. The van der Waals surface area contributed by atoms with Crippen molar-refractivity contribution in [1.29, 1.82) is 0 Å². The number of nitrogens with one attached hydrogen (secondary N) is 1. The first-order valence-corrected chi connectivity index (χ1v) is 3.52. The molecule has 2 N–H and O–H groups in total. The smallest absolute Gasteiger partial charge is 0.407 e. The molecule has 0 radical (unpaired) electrons. The molecule has 0 saturated carbocycles. The molecule has 62 valence electrons. The lowest BCUT2D eigenvalue weighted by Crippen LogP contribution is -2.49. The summed E-state index contributed by atoms with van der Waals surface area (Å²) >= 11 is 0. The van der Waals surface area contributed by atoms with Gasteiger partial charge in [0, 0.05) is 18.3 Å². The lowest BCUT2D eigenvalue weighted by atomic mass is 10.2. The van der Waals surface area contributed by atoms with Gasteiger partial charge in [-0.1, -0.05) is 6.58 Å². The van der Waals surface area contributed by atoms with Gasteiger partial charge in [0.05, 0.1) is 6.54 Å². The van der Waals surface area contributed by atoms with Crippen molar-refractivity contribution >= 4 is 6.09 Å². The Balaban J connectivity index is 2.56. The van der Waals surface area contributed by atoms with Crippen LogP contribution in [0.3, 0.4) is 0 Å². The fourth-order valence-corrected chi connectivity index (χ4v) is 1.21. The molecule has 1 aliphatic rings. The molecule has 1 heterocycles. The minimum atomic E-state index is -0.875. The quantitative estimate of drug-likeness (QED) is 0.536. The summed E-state index contributed by atoms with van der Waals surface area (Å²) in [6, 6.07) is 0.173. The summed E-state index contributed by atoms with van der Waals surface area (Å²) in [6.45, 7) is 6.55. The third-order valence-corrected chi connectivity index (χ3v) is 1.60. The highest BCUT2D eigenvalue weighted by Crippen LogP contribution is 2.04. The fourth-order valence-electron chi connectivity index (χ4n) is 1.21. The Morgan fingerprint density at radius 1 is 1.91 bits per heavy atom. The normalized spacial score (nSPS) is 24.6. The first-order valence-electron chi connectivity index (χ1n) is 3.52. The molecule has 4 heteroatoms. The molecule has 0 aromatic rings. The highest BCUT2D eigenvalue weighted by Gasteiger charge is 2.21. The van der Waals surface area contributed by atoms with Crippen LogP contribution in [0.1, 0.15) is 6.92 Å². The highest BCUT2D eigenvalue weighted by molar-refractivity contribution is 5.65. The number of rotatable bonds is 0. The van der Waals surface area contributed by atoms with Crippen LogP contribution in [-0.4, -0.2) is 35.2 Å². The molecule has 0 bridgehead atoms. The van der Waals surface area contributed by atoms with Crippen LogP contribution in [-0.2, 0) is 0 Å². The van der Waals surface area contributed by atoms with Crippen molar-refractivity contribution < 1.29 is 9.90 Å². The fraction of sp³-hybridized carbons (Fsp3) is 0.571. The molecule has 1 atom stereocenters. The van der Waals surface area contributed by atoms with E-state index in [1.165, 1.54) is 4.90 Å². The number of amides is 1. The van der Waals surface area contributed by atoms with Crippen molar-refractivity contribution in [2.75, 3.05) is 13.1 Å². The summed E-state index contributed by atoms with van der Waals surface area (Å²) in [7, 11) is 0. The third-order valence-electron chi connectivity index (χ3n) is 1.60. The van der Waals surface area contributed by atoms with Gasteiger partial charge in [0.25, 0.3) is 0 Å². The van der Waals surface area contributed by atoms with Gasteiger partial charge in [-0.2, -0.15) is 0 Å². The summed E-state index contributed by atoms with van der Waals surface area (Å²) < 4.78 is 0. The van der Waals surface area contributed by atoms with Gasteiger partial charge >= 0.3 is 6.09 Å². The van der Waals surface area contributed by atoms with Crippen molar-refractivity contribution in [2.24, 2.45) is 0 Å². The number of hydrogen-bond donors (Lipinski definition) is 2. The predicted molar refractivity (Wildman–Crippen MR) is 41.3 cm³/mol. The molecular weight excluding hydrogens is 144 g/mol. The van der Waals surface area contributed by atoms with E-state index in [4.69, 9.17) is 5.11 Å². The highest BCUT2D eigenvalue weighted by atomic mass is 16.4. The van der Waals surface area contributed by atoms with E-state index in [9.17, 15) is 4.79 Å². The molecule has 1 amide bonds. The van der Waals surface area contributed by atoms with E-state index < -0.39 is 6.09 Å². The van der Waals surface area contributed by atoms with Crippen LogP contribution in [0.25, 0.3) is 0 Å². The summed E-state index contributed by atoms with van der Waals surface area (Å²) in [5, 5.41) is 11.7. The molecule has 1 saturated heterocycles. The number of nitrogens with zero attached hydrogens (tertiary/aromatic N) is 1. The largest absolute Gasteiger partial charge is 0.465 e. The first-order chi connectivity index (χ1) is 5.09. The van der Waals surface area contributed by atoms with Gasteiger partial charge in [-0.05, 0) is 6.92 Å². The first kappa shape index (κ1) is 7.91. The van der Waals surface area contributed by atoms with Crippen LogP contribution >= 0.6 is 0 Å². The predicted octanol–water partition coefficient (Wildman–Crippen LogP) is 0.472. The zero-order valence-electron chi connectivity index (χ0n) is 6.50. The monoisotopic (exact) mass is 156 g/mol. The van der Waals surface area contributed by atoms with E-state index in [1.807, 2.05) is 6.92 Å². The molecule has 1 unspecified atom stereocenters. The molecule has 0 aromatic carbocycles. The Morgan fingerprint density at radius 3 is 3.00 bits per heavy atom. The molecule has 0 aromatic heterocycles. The Morgan fingerprint density at radius 2 is 2.55 bits per heavy atom. The van der Waals surface area contributed by atoms with E-state index in [-0.39, 0.29) is 6.04 Å². The second-order valence-corrected chi connectivity index (χ2v) is 2.81. The van der Waals surface area contributed by atoms with Crippen LogP contribution in [0.2, 0.25) is 0 Å². The topological polar surface area (TPSA) is 52.6 Å². The number of piperazine rings is 1.